The average Bonchev–Trinajstić information content (AvgIpc) is 2.36. The predicted octanol–water partition coefficient (Wildman–Crippen LogP) is 1.98. The van der Waals surface area contributed by atoms with Crippen molar-refractivity contribution in [3.63, 3.8) is 0 Å². The quantitative estimate of drug-likeness (QED) is 0.709. The molecular formula is C12H21N3O2S. The van der Waals surface area contributed by atoms with E-state index in [1.807, 2.05) is 6.92 Å². The second kappa shape index (κ2) is 7.33. The van der Waals surface area contributed by atoms with Crippen LogP contribution in [0.2, 0.25) is 0 Å². The molecule has 0 aliphatic heterocycles. The number of anilines is 1. The van der Waals surface area contributed by atoms with Crippen LogP contribution in [0.1, 0.15) is 33.1 Å². The van der Waals surface area contributed by atoms with Crippen LogP contribution in [0.4, 0.5) is 5.69 Å². The van der Waals surface area contributed by atoms with E-state index < -0.39 is 10.0 Å². The Hall–Kier alpha value is -1.14. The molecule has 0 unspecified atom stereocenters. The van der Waals surface area contributed by atoms with Crippen LogP contribution in [-0.4, -0.2) is 26.5 Å². The summed E-state index contributed by atoms with van der Waals surface area (Å²) in [4.78, 5) is 4.09. The summed E-state index contributed by atoms with van der Waals surface area (Å²) in [5.74, 6) is 0. The first-order valence-electron chi connectivity index (χ1n) is 6.29. The fraction of sp³-hybridized carbons (Fsp3) is 0.583. The Balaban J connectivity index is 2.77. The molecule has 1 rings (SSSR count). The van der Waals surface area contributed by atoms with Gasteiger partial charge >= 0.3 is 0 Å². The van der Waals surface area contributed by atoms with Gasteiger partial charge in [-0.1, -0.05) is 19.8 Å². The van der Waals surface area contributed by atoms with Gasteiger partial charge in [-0.2, -0.15) is 0 Å². The zero-order valence-corrected chi connectivity index (χ0v) is 11.8. The summed E-state index contributed by atoms with van der Waals surface area (Å²) in [5.41, 5.74) is 0.593. The van der Waals surface area contributed by atoms with Gasteiger partial charge in [0, 0.05) is 25.5 Å². The molecule has 1 aromatic rings. The smallest absolute Gasteiger partial charge is 0.244 e. The summed E-state index contributed by atoms with van der Waals surface area (Å²) < 4.78 is 26.8. The largest absolute Gasteiger partial charge is 0.384 e. The molecule has 1 heterocycles. The maximum Gasteiger partial charge on any atom is 0.244 e. The minimum atomic E-state index is -3.47. The lowest BCUT2D eigenvalue weighted by Gasteiger charge is -2.11. The Morgan fingerprint density at radius 2 is 2.06 bits per heavy atom. The first kappa shape index (κ1) is 14.9. The van der Waals surface area contributed by atoms with Gasteiger partial charge in [0.2, 0.25) is 10.0 Å². The number of pyridine rings is 1. The van der Waals surface area contributed by atoms with E-state index >= 15 is 0 Å². The van der Waals surface area contributed by atoms with Crippen molar-refractivity contribution in [1.82, 2.24) is 9.71 Å². The molecule has 0 saturated heterocycles. The molecule has 0 aromatic carbocycles. The highest BCUT2D eigenvalue weighted by Gasteiger charge is 2.17. The lowest BCUT2D eigenvalue weighted by atomic mass is 10.3. The molecule has 0 saturated carbocycles. The Kier molecular flexibility index (Phi) is 6.07. The van der Waals surface area contributed by atoms with Gasteiger partial charge in [0.1, 0.15) is 4.90 Å². The summed E-state index contributed by atoms with van der Waals surface area (Å²) in [5, 5.41) is 3.02. The van der Waals surface area contributed by atoms with Crippen molar-refractivity contribution in [2.24, 2.45) is 0 Å². The van der Waals surface area contributed by atoms with E-state index in [1.54, 1.807) is 12.3 Å². The Morgan fingerprint density at radius 1 is 1.28 bits per heavy atom. The van der Waals surface area contributed by atoms with Crippen molar-refractivity contribution < 1.29 is 8.42 Å². The van der Waals surface area contributed by atoms with Crippen molar-refractivity contribution in [2.45, 2.75) is 38.0 Å². The van der Waals surface area contributed by atoms with E-state index in [0.717, 1.165) is 19.3 Å². The molecule has 2 N–H and O–H groups in total. The van der Waals surface area contributed by atoms with Crippen molar-refractivity contribution in [3.8, 4) is 0 Å². The monoisotopic (exact) mass is 271 g/mol. The molecule has 0 aliphatic carbocycles. The highest BCUT2D eigenvalue weighted by atomic mass is 32.2. The van der Waals surface area contributed by atoms with Gasteiger partial charge in [-0.15, -0.1) is 0 Å². The van der Waals surface area contributed by atoms with Gasteiger partial charge in [0.25, 0.3) is 0 Å². The van der Waals surface area contributed by atoms with Crippen LogP contribution in [0.3, 0.4) is 0 Å². The van der Waals surface area contributed by atoms with E-state index in [1.165, 1.54) is 6.20 Å². The van der Waals surface area contributed by atoms with Crippen molar-refractivity contribution in [1.29, 1.82) is 0 Å². The normalized spacial score (nSPS) is 11.4. The molecule has 0 spiro atoms. The third-order valence-corrected chi connectivity index (χ3v) is 4.00. The van der Waals surface area contributed by atoms with Gasteiger partial charge in [-0.05, 0) is 19.4 Å². The van der Waals surface area contributed by atoms with Gasteiger partial charge in [-0.3, -0.25) is 4.98 Å². The Labute approximate surface area is 109 Å². The number of rotatable bonds is 8. The number of sulfonamides is 1. The lowest BCUT2D eigenvalue weighted by molar-refractivity contribution is 0.576. The van der Waals surface area contributed by atoms with Crippen LogP contribution in [0.5, 0.6) is 0 Å². The second-order valence-electron chi connectivity index (χ2n) is 4.01. The average molecular weight is 271 g/mol. The maximum atomic E-state index is 12.1. The van der Waals surface area contributed by atoms with Crippen LogP contribution in [0.25, 0.3) is 0 Å². The molecule has 102 valence electrons. The highest BCUT2D eigenvalue weighted by molar-refractivity contribution is 7.89. The summed E-state index contributed by atoms with van der Waals surface area (Å²) in [6, 6.07) is 1.67. The van der Waals surface area contributed by atoms with Crippen LogP contribution in [0.15, 0.2) is 23.4 Å². The van der Waals surface area contributed by atoms with Crippen molar-refractivity contribution >= 4 is 15.7 Å². The number of hydrogen-bond acceptors (Lipinski definition) is 4. The summed E-state index contributed by atoms with van der Waals surface area (Å²) in [6.45, 7) is 5.14. The zero-order valence-electron chi connectivity index (χ0n) is 10.9. The van der Waals surface area contributed by atoms with Crippen LogP contribution in [-0.2, 0) is 10.0 Å². The van der Waals surface area contributed by atoms with Crippen LogP contribution in [0, 0.1) is 0 Å². The molecule has 6 heteroatoms. The second-order valence-corrected chi connectivity index (χ2v) is 5.74. The van der Waals surface area contributed by atoms with E-state index in [4.69, 9.17) is 0 Å². The van der Waals surface area contributed by atoms with E-state index in [2.05, 4.69) is 21.9 Å². The van der Waals surface area contributed by atoms with E-state index in [9.17, 15) is 8.42 Å². The van der Waals surface area contributed by atoms with Crippen LogP contribution < -0.4 is 10.0 Å². The van der Waals surface area contributed by atoms with Crippen molar-refractivity contribution in [3.05, 3.63) is 18.5 Å². The molecule has 0 radical (unpaired) electrons. The van der Waals surface area contributed by atoms with Gasteiger partial charge in [0.05, 0.1) is 5.69 Å². The molecule has 1 aromatic heterocycles. The minimum absolute atomic E-state index is 0.211. The third kappa shape index (κ3) is 4.27. The molecule has 0 atom stereocenters. The molecular weight excluding hydrogens is 250 g/mol. The highest BCUT2D eigenvalue weighted by Crippen LogP contribution is 2.18. The SMILES string of the molecule is CCCCCNS(=O)(=O)c1cnccc1NCC. The number of unbranched alkanes of at least 4 members (excludes halogenated alkanes) is 2. The number of nitrogens with one attached hydrogen (secondary N) is 2. The summed E-state index contributed by atoms with van der Waals surface area (Å²) >= 11 is 0. The molecule has 0 bridgehead atoms. The number of nitrogens with zero attached hydrogens (tertiary/aromatic N) is 1. The minimum Gasteiger partial charge on any atom is -0.384 e. The molecule has 18 heavy (non-hydrogen) atoms. The lowest BCUT2D eigenvalue weighted by Crippen LogP contribution is -2.25. The standard InChI is InChI=1S/C12H21N3O2S/c1-3-5-6-8-15-18(16,17)12-10-13-9-7-11(12)14-4-2/h7,9-10,15H,3-6,8H2,1-2H3,(H,13,14). The third-order valence-electron chi connectivity index (χ3n) is 2.51. The maximum absolute atomic E-state index is 12.1. The van der Waals surface area contributed by atoms with E-state index in [0.29, 0.717) is 18.8 Å². The van der Waals surface area contributed by atoms with Gasteiger partial charge in [-0.25, -0.2) is 13.1 Å². The number of hydrogen-bond donors (Lipinski definition) is 2. The number of aromatic nitrogens is 1. The fourth-order valence-electron chi connectivity index (χ4n) is 1.59. The Bertz CT molecular complexity index is 460. The molecule has 0 fully saturated rings. The van der Waals surface area contributed by atoms with E-state index in [-0.39, 0.29) is 4.90 Å². The molecule has 5 nitrogen and oxygen atoms in total. The summed E-state index contributed by atoms with van der Waals surface area (Å²) in [7, 11) is -3.47. The first-order chi connectivity index (χ1) is 8.61. The fourth-order valence-corrected chi connectivity index (χ4v) is 2.79. The zero-order chi connectivity index (χ0) is 13.4. The first-order valence-corrected chi connectivity index (χ1v) is 7.77. The molecule has 0 amide bonds. The Morgan fingerprint density at radius 3 is 2.72 bits per heavy atom. The summed E-state index contributed by atoms with van der Waals surface area (Å²) in [6.07, 6.45) is 5.90. The van der Waals surface area contributed by atoms with Crippen molar-refractivity contribution in [2.75, 3.05) is 18.4 Å². The van der Waals surface area contributed by atoms with Crippen LogP contribution >= 0.6 is 0 Å². The van der Waals surface area contributed by atoms with Gasteiger partial charge in [0.15, 0.2) is 0 Å². The molecule has 0 aliphatic rings. The topological polar surface area (TPSA) is 71.1 Å². The predicted molar refractivity (Wildman–Crippen MR) is 73.1 cm³/mol. The van der Waals surface area contributed by atoms with Gasteiger partial charge < -0.3 is 5.32 Å².